The topological polar surface area (TPSA) is 93.6 Å². The van der Waals surface area contributed by atoms with E-state index in [1.165, 1.54) is 11.2 Å². The first-order valence-electron chi connectivity index (χ1n) is 7.88. The summed E-state index contributed by atoms with van der Waals surface area (Å²) in [6.07, 6.45) is 1.55. The van der Waals surface area contributed by atoms with E-state index in [0.717, 1.165) is 5.39 Å². The van der Waals surface area contributed by atoms with Crippen LogP contribution in [0.5, 0.6) is 0 Å². The summed E-state index contributed by atoms with van der Waals surface area (Å²) in [6.45, 7) is 0.412. The number of carbonyl (C=O) groups excluding carboxylic acids is 1. The quantitative estimate of drug-likeness (QED) is 0.689. The highest BCUT2D eigenvalue weighted by Crippen LogP contribution is 2.23. The Balaban J connectivity index is 1.38. The minimum absolute atomic E-state index is 0.0992. The Morgan fingerprint density at radius 3 is 2.76 bits per heavy atom. The number of likely N-dealkylation sites (tertiary alicyclic amines) is 1. The van der Waals surface area contributed by atoms with Crippen LogP contribution in [0.4, 0.5) is 0 Å². The van der Waals surface area contributed by atoms with E-state index in [1.807, 2.05) is 18.2 Å². The van der Waals surface area contributed by atoms with Crippen LogP contribution in [-0.2, 0) is 26.8 Å². The van der Waals surface area contributed by atoms with Gasteiger partial charge < -0.3 is 13.8 Å². The third-order valence-electron chi connectivity index (χ3n) is 4.40. The lowest BCUT2D eigenvalue weighted by Gasteiger charge is -2.38. The number of furan rings is 1. The van der Waals surface area contributed by atoms with Crippen LogP contribution in [0.25, 0.3) is 11.0 Å². The predicted octanol–water partition coefficient (Wildman–Crippen LogP) is 1.79. The summed E-state index contributed by atoms with van der Waals surface area (Å²) in [6, 6.07) is 10.6. The first kappa shape index (κ1) is 15.9. The average Bonchev–Trinajstić information content (AvgIpc) is 3.15. The molecule has 2 aromatic heterocycles. The minimum Gasteiger partial charge on any atom is -0.468 e. The molecule has 0 radical (unpaired) electrons. The maximum Gasteiger partial charge on any atom is 0.228 e. The molecule has 8 heteroatoms. The number of nitrogens with zero attached hydrogens (tertiary/aromatic N) is 2. The molecule has 0 atom stereocenters. The fourth-order valence-electron chi connectivity index (χ4n) is 2.90. The Hall–Kier alpha value is -2.61. The monoisotopic (exact) mass is 360 g/mol. The standard InChI is InChI=1S/C17H16N2O5S/c20-17(8-15-14-5-1-2-6-16(14)24-18-15)19-9-13(10-19)25(21,22)11-12-4-3-7-23-12/h1-7,13H,8-11H2. The van der Waals surface area contributed by atoms with Crippen LogP contribution in [-0.4, -0.2) is 42.7 Å². The van der Waals surface area contributed by atoms with Crippen molar-refractivity contribution in [2.75, 3.05) is 13.1 Å². The Bertz CT molecular complexity index is 1000. The zero-order valence-electron chi connectivity index (χ0n) is 13.3. The van der Waals surface area contributed by atoms with Gasteiger partial charge in [0.15, 0.2) is 15.4 Å². The van der Waals surface area contributed by atoms with E-state index in [9.17, 15) is 13.2 Å². The molecule has 0 aliphatic carbocycles. The first-order chi connectivity index (χ1) is 12.0. The fraction of sp³-hybridized carbons (Fsp3) is 0.294. The number of rotatable bonds is 5. The molecule has 3 aromatic rings. The molecule has 0 bridgehead atoms. The van der Waals surface area contributed by atoms with E-state index in [1.54, 1.807) is 18.2 Å². The van der Waals surface area contributed by atoms with Crippen molar-refractivity contribution < 1.29 is 22.2 Å². The second-order valence-electron chi connectivity index (χ2n) is 6.11. The van der Waals surface area contributed by atoms with Crippen LogP contribution in [0, 0.1) is 0 Å². The summed E-state index contributed by atoms with van der Waals surface area (Å²) < 4.78 is 34.9. The molecule has 4 rings (SSSR count). The van der Waals surface area contributed by atoms with Gasteiger partial charge in [0.05, 0.1) is 17.9 Å². The highest BCUT2D eigenvalue weighted by atomic mass is 32.2. The van der Waals surface area contributed by atoms with Crippen LogP contribution in [0.3, 0.4) is 0 Å². The Morgan fingerprint density at radius 1 is 1.20 bits per heavy atom. The number of sulfone groups is 1. The van der Waals surface area contributed by atoms with E-state index in [0.29, 0.717) is 17.0 Å². The van der Waals surface area contributed by atoms with Crippen molar-refractivity contribution in [3.8, 4) is 0 Å². The SMILES string of the molecule is O=C(Cc1noc2ccccc12)N1CC(S(=O)(=O)Cc2ccco2)C1. The van der Waals surface area contributed by atoms with Gasteiger partial charge in [-0.05, 0) is 24.3 Å². The van der Waals surface area contributed by atoms with Crippen LogP contribution in [0.1, 0.15) is 11.5 Å². The van der Waals surface area contributed by atoms with E-state index in [4.69, 9.17) is 8.94 Å². The van der Waals surface area contributed by atoms with Crippen LogP contribution in [0.15, 0.2) is 51.6 Å². The van der Waals surface area contributed by atoms with Gasteiger partial charge in [0.1, 0.15) is 17.2 Å². The van der Waals surface area contributed by atoms with E-state index in [2.05, 4.69) is 5.16 Å². The molecule has 0 saturated carbocycles. The zero-order valence-corrected chi connectivity index (χ0v) is 14.1. The van der Waals surface area contributed by atoms with Crippen molar-refractivity contribution in [3.63, 3.8) is 0 Å². The second kappa shape index (κ2) is 6.03. The lowest BCUT2D eigenvalue weighted by Crippen LogP contribution is -2.57. The Labute approximate surface area is 144 Å². The third-order valence-corrected chi connectivity index (χ3v) is 6.40. The summed E-state index contributed by atoms with van der Waals surface area (Å²) in [7, 11) is -3.33. The zero-order chi connectivity index (χ0) is 17.4. The lowest BCUT2D eigenvalue weighted by atomic mass is 10.1. The van der Waals surface area contributed by atoms with Crippen molar-refractivity contribution >= 4 is 26.7 Å². The smallest absolute Gasteiger partial charge is 0.228 e. The van der Waals surface area contributed by atoms with Gasteiger partial charge in [-0.3, -0.25) is 4.79 Å². The molecule has 0 N–H and O–H groups in total. The molecule has 1 aliphatic heterocycles. The summed E-state index contributed by atoms with van der Waals surface area (Å²) >= 11 is 0. The largest absolute Gasteiger partial charge is 0.468 e. The van der Waals surface area contributed by atoms with E-state index in [-0.39, 0.29) is 31.2 Å². The number of aromatic nitrogens is 1. The Kier molecular flexibility index (Phi) is 3.84. The van der Waals surface area contributed by atoms with Gasteiger partial charge >= 0.3 is 0 Å². The number of hydrogen-bond donors (Lipinski definition) is 0. The molecule has 1 saturated heterocycles. The summed E-state index contributed by atoms with van der Waals surface area (Å²) in [5.74, 6) is 0.128. The molecule has 1 aliphatic rings. The van der Waals surface area contributed by atoms with E-state index < -0.39 is 15.1 Å². The number of carbonyl (C=O) groups is 1. The summed E-state index contributed by atoms with van der Waals surface area (Å²) in [4.78, 5) is 13.9. The van der Waals surface area contributed by atoms with Gasteiger partial charge in [0.2, 0.25) is 5.91 Å². The van der Waals surface area contributed by atoms with Gasteiger partial charge in [-0.15, -0.1) is 0 Å². The molecule has 25 heavy (non-hydrogen) atoms. The molecular weight excluding hydrogens is 344 g/mol. The summed E-state index contributed by atoms with van der Waals surface area (Å²) in [5.41, 5.74) is 1.20. The Morgan fingerprint density at radius 2 is 2.00 bits per heavy atom. The number of fused-ring (bicyclic) bond motifs is 1. The number of benzene rings is 1. The molecular formula is C17H16N2O5S. The number of para-hydroxylation sites is 1. The third kappa shape index (κ3) is 3.05. The second-order valence-corrected chi connectivity index (χ2v) is 8.39. The van der Waals surface area contributed by atoms with Gasteiger partial charge in [-0.25, -0.2) is 8.42 Å². The maximum atomic E-state index is 12.4. The molecule has 1 aromatic carbocycles. The highest BCUT2D eigenvalue weighted by Gasteiger charge is 2.40. The van der Waals surface area contributed by atoms with Crippen molar-refractivity contribution in [1.29, 1.82) is 0 Å². The van der Waals surface area contributed by atoms with Crippen molar-refractivity contribution in [2.24, 2.45) is 0 Å². The van der Waals surface area contributed by atoms with Crippen LogP contribution >= 0.6 is 0 Å². The van der Waals surface area contributed by atoms with Gasteiger partial charge in [0.25, 0.3) is 0 Å². The molecule has 0 spiro atoms. The van der Waals surface area contributed by atoms with E-state index >= 15 is 0 Å². The molecule has 0 unspecified atom stereocenters. The molecule has 7 nitrogen and oxygen atoms in total. The van der Waals surface area contributed by atoms with Crippen molar-refractivity contribution in [3.05, 3.63) is 54.1 Å². The van der Waals surface area contributed by atoms with Gasteiger partial charge in [-0.2, -0.15) is 0 Å². The lowest BCUT2D eigenvalue weighted by molar-refractivity contribution is -0.133. The number of hydrogen-bond acceptors (Lipinski definition) is 6. The molecule has 1 fully saturated rings. The molecule has 1 amide bonds. The molecule has 130 valence electrons. The van der Waals surface area contributed by atoms with Gasteiger partial charge in [-0.1, -0.05) is 17.3 Å². The average molecular weight is 360 g/mol. The molecule has 3 heterocycles. The van der Waals surface area contributed by atoms with Gasteiger partial charge in [0, 0.05) is 18.5 Å². The highest BCUT2D eigenvalue weighted by molar-refractivity contribution is 7.91. The van der Waals surface area contributed by atoms with Crippen LogP contribution < -0.4 is 0 Å². The van der Waals surface area contributed by atoms with Crippen molar-refractivity contribution in [1.82, 2.24) is 10.1 Å². The minimum atomic E-state index is -3.33. The fourth-order valence-corrected chi connectivity index (χ4v) is 4.51. The predicted molar refractivity (Wildman–Crippen MR) is 89.4 cm³/mol. The normalized spacial score (nSPS) is 15.4. The summed E-state index contributed by atoms with van der Waals surface area (Å²) in [5, 5.41) is 4.20. The van der Waals surface area contributed by atoms with Crippen molar-refractivity contribution in [2.45, 2.75) is 17.4 Å². The number of amides is 1. The van der Waals surface area contributed by atoms with Crippen LogP contribution in [0.2, 0.25) is 0 Å². The first-order valence-corrected chi connectivity index (χ1v) is 9.59. The maximum absolute atomic E-state index is 12.4.